The summed E-state index contributed by atoms with van der Waals surface area (Å²) in [5, 5.41) is 18.3. The maximum Gasteiger partial charge on any atom is 0.272 e. The maximum absolute atomic E-state index is 12.5. The topological polar surface area (TPSA) is 90.1 Å². The third-order valence-corrected chi connectivity index (χ3v) is 5.92. The van der Waals surface area contributed by atoms with E-state index in [0.717, 1.165) is 11.8 Å². The minimum Gasteiger partial charge on any atom is -0.348 e. The van der Waals surface area contributed by atoms with Gasteiger partial charge < -0.3 is 5.32 Å². The second-order valence-corrected chi connectivity index (χ2v) is 7.52. The van der Waals surface area contributed by atoms with Crippen molar-refractivity contribution < 1.29 is 9.72 Å². The van der Waals surface area contributed by atoms with E-state index in [0.29, 0.717) is 17.3 Å². The first-order valence-electron chi connectivity index (χ1n) is 9.12. The number of nitrogens with zero attached hydrogens (tertiary/aromatic N) is 3. The maximum atomic E-state index is 12.5. The Morgan fingerprint density at radius 3 is 2.88 bits per heavy atom. The van der Waals surface area contributed by atoms with E-state index in [1.807, 2.05) is 0 Å². The number of amides is 1. The fourth-order valence-corrected chi connectivity index (χ4v) is 4.63. The molecule has 0 saturated heterocycles. The lowest BCUT2D eigenvalue weighted by atomic mass is 9.84. The van der Waals surface area contributed by atoms with Crippen LogP contribution in [0.3, 0.4) is 0 Å². The third-order valence-electron chi connectivity index (χ3n) is 5.92. The predicted octanol–water partition coefficient (Wildman–Crippen LogP) is 3.34. The molecule has 2 saturated carbocycles. The summed E-state index contributed by atoms with van der Waals surface area (Å²) in [5.74, 6) is 1.97. The Labute approximate surface area is 151 Å². The summed E-state index contributed by atoms with van der Waals surface area (Å²) in [6.07, 6.45) is 6.81. The molecule has 7 heteroatoms. The average molecular weight is 354 g/mol. The molecule has 4 unspecified atom stereocenters. The van der Waals surface area contributed by atoms with Crippen LogP contribution in [0.25, 0.3) is 5.69 Å². The first-order valence-corrected chi connectivity index (χ1v) is 9.12. The van der Waals surface area contributed by atoms with Crippen LogP contribution in [0.15, 0.2) is 36.5 Å². The van der Waals surface area contributed by atoms with E-state index in [1.165, 1.54) is 42.5 Å². The van der Waals surface area contributed by atoms with Crippen molar-refractivity contribution in [3.8, 4) is 5.69 Å². The second kappa shape index (κ2) is 6.55. The van der Waals surface area contributed by atoms with Gasteiger partial charge in [-0.2, -0.15) is 5.10 Å². The van der Waals surface area contributed by atoms with Crippen LogP contribution in [0.2, 0.25) is 0 Å². The highest BCUT2D eigenvalue weighted by Gasteiger charge is 2.42. The molecule has 2 aliphatic carbocycles. The lowest BCUT2D eigenvalue weighted by Crippen LogP contribution is -2.40. The molecule has 2 aromatic rings. The first-order chi connectivity index (χ1) is 12.5. The van der Waals surface area contributed by atoms with E-state index >= 15 is 0 Å². The predicted molar refractivity (Wildman–Crippen MR) is 96.1 cm³/mol. The number of hydrogen-bond acceptors (Lipinski definition) is 4. The summed E-state index contributed by atoms with van der Waals surface area (Å²) in [5.41, 5.74) is 0.875. The Morgan fingerprint density at radius 1 is 1.35 bits per heavy atom. The molecule has 1 amide bonds. The molecular weight excluding hydrogens is 332 g/mol. The number of aromatic nitrogens is 2. The molecule has 0 spiro atoms. The van der Waals surface area contributed by atoms with Crippen LogP contribution in [0.5, 0.6) is 0 Å². The molecule has 2 aliphatic rings. The highest BCUT2D eigenvalue weighted by atomic mass is 16.6. The minimum atomic E-state index is -0.447. The molecule has 1 heterocycles. The van der Waals surface area contributed by atoms with Crippen molar-refractivity contribution in [1.29, 1.82) is 0 Å². The number of nitro benzene ring substituents is 1. The number of rotatable bonds is 5. The Balaban J connectivity index is 1.45. The Bertz CT molecular complexity index is 847. The Morgan fingerprint density at radius 2 is 2.19 bits per heavy atom. The molecule has 4 rings (SSSR count). The molecule has 26 heavy (non-hydrogen) atoms. The van der Waals surface area contributed by atoms with Crippen molar-refractivity contribution in [3.63, 3.8) is 0 Å². The van der Waals surface area contributed by atoms with Gasteiger partial charge in [0.15, 0.2) is 5.69 Å². The van der Waals surface area contributed by atoms with Gasteiger partial charge in [-0.1, -0.05) is 12.5 Å². The van der Waals surface area contributed by atoms with E-state index in [1.54, 1.807) is 24.4 Å². The summed E-state index contributed by atoms with van der Waals surface area (Å²) < 4.78 is 1.49. The molecule has 1 N–H and O–H groups in total. The highest BCUT2D eigenvalue weighted by molar-refractivity contribution is 5.92. The minimum absolute atomic E-state index is 0.00564. The van der Waals surface area contributed by atoms with Crippen molar-refractivity contribution in [3.05, 3.63) is 52.3 Å². The van der Waals surface area contributed by atoms with Gasteiger partial charge in [-0.25, -0.2) is 4.68 Å². The van der Waals surface area contributed by atoms with E-state index < -0.39 is 4.92 Å². The fourth-order valence-electron chi connectivity index (χ4n) is 4.63. The van der Waals surface area contributed by atoms with Gasteiger partial charge in [0.1, 0.15) is 0 Å². The molecule has 136 valence electrons. The van der Waals surface area contributed by atoms with Gasteiger partial charge in [-0.05, 0) is 56.1 Å². The zero-order valence-electron chi connectivity index (χ0n) is 14.7. The van der Waals surface area contributed by atoms with E-state index in [2.05, 4.69) is 17.3 Å². The summed E-state index contributed by atoms with van der Waals surface area (Å²) in [6.45, 7) is 2.08. The highest BCUT2D eigenvalue weighted by Crippen LogP contribution is 2.49. The zero-order chi connectivity index (χ0) is 18.3. The molecule has 2 bridgehead atoms. The third kappa shape index (κ3) is 3.09. The van der Waals surface area contributed by atoms with Crippen molar-refractivity contribution >= 4 is 11.6 Å². The average Bonchev–Trinajstić information content (AvgIpc) is 3.38. The van der Waals surface area contributed by atoms with Gasteiger partial charge in [-0.15, -0.1) is 0 Å². The molecular formula is C19H22N4O3. The normalized spacial score (nSPS) is 25.2. The first kappa shape index (κ1) is 16.8. The molecule has 2 fully saturated rings. The monoisotopic (exact) mass is 354 g/mol. The van der Waals surface area contributed by atoms with Gasteiger partial charge in [0, 0.05) is 24.4 Å². The van der Waals surface area contributed by atoms with Gasteiger partial charge in [-0.3, -0.25) is 14.9 Å². The smallest absolute Gasteiger partial charge is 0.272 e. The van der Waals surface area contributed by atoms with Gasteiger partial charge in [0.05, 0.1) is 10.6 Å². The van der Waals surface area contributed by atoms with Crippen LogP contribution in [-0.4, -0.2) is 26.7 Å². The van der Waals surface area contributed by atoms with E-state index in [4.69, 9.17) is 0 Å². The van der Waals surface area contributed by atoms with Crippen molar-refractivity contribution in [1.82, 2.24) is 15.1 Å². The molecule has 1 aromatic carbocycles. The number of benzene rings is 1. The van der Waals surface area contributed by atoms with E-state index in [9.17, 15) is 14.9 Å². The van der Waals surface area contributed by atoms with Gasteiger partial charge in [0.25, 0.3) is 11.6 Å². The molecule has 0 radical (unpaired) electrons. The lowest BCUT2D eigenvalue weighted by Gasteiger charge is -2.28. The second-order valence-electron chi connectivity index (χ2n) is 7.52. The van der Waals surface area contributed by atoms with Gasteiger partial charge in [0.2, 0.25) is 0 Å². The Hall–Kier alpha value is -2.70. The fraction of sp³-hybridized carbons (Fsp3) is 0.474. The number of fused-ring (bicyclic) bond motifs is 2. The molecule has 4 atom stereocenters. The van der Waals surface area contributed by atoms with Crippen molar-refractivity contribution in [2.75, 3.05) is 0 Å². The number of nitrogens with one attached hydrogen (secondary N) is 1. The lowest BCUT2D eigenvalue weighted by molar-refractivity contribution is -0.384. The molecule has 1 aromatic heterocycles. The van der Waals surface area contributed by atoms with Crippen LogP contribution in [0.4, 0.5) is 5.69 Å². The number of carbonyl (C=O) groups excluding carboxylic acids is 1. The summed E-state index contributed by atoms with van der Waals surface area (Å²) in [7, 11) is 0. The van der Waals surface area contributed by atoms with Crippen molar-refractivity contribution in [2.45, 2.75) is 38.6 Å². The van der Waals surface area contributed by atoms with Crippen LogP contribution in [-0.2, 0) is 0 Å². The number of nitro groups is 1. The SMILES string of the molecule is CC(NC(=O)c1ccn(-c2cccc([N+](=O)[O-])c2)n1)C1CC2CCC1C2. The standard InChI is InChI=1S/C19H22N4O3/c1-12(17-10-13-5-6-14(17)9-13)20-19(24)18-7-8-22(21-18)15-3-2-4-16(11-15)23(25)26/h2-4,7-8,11-14,17H,5-6,9-10H2,1H3,(H,20,24). The quantitative estimate of drug-likeness (QED) is 0.659. The zero-order valence-corrected chi connectivity index (χ0v) is 14.7. The van der Waals surface area contributed by atoms with Gasteiger partial charge >= 0.3 is 0 Å². The van der Waals surface area contributed by atoms with Crippen LogP contribution in [0.1, 0.15) is 43.1 Å². The summed E-state index contributed by atoms with van der Waals surface area (Å²) in [4.78, 5) is 23.0. The number of carbonyl (C=O) groups is 1. The van der Waals surface area contributed by atoms with Crippen LogP contribution >= 0.6 is 0 Å². The van der Waals surface area contributed by atoms with Crippen LogP contribution in [0, 0.1) is 27.9 Å². The van der Waals surface area contributed by atoms with Crippen LogP contribution < -0.4 is 5.32 Å². The molecule has 7 nitrogen and oxygen atoms in total. The number of hydrogen-bond donors (Lipinski definition) is 1. The Kier molecular flexibility index (Phi) is 4.22. The number of non-ortho nitro benzene ring substituents is 1. The largest absolute Gasteiger partial charge is 0.348 e. The summed E-state index contributed by atoms with van der Waals surface area (Å²) in [6, 6.07) is 7.97. The molecule has 0 aliphatic heterocycles. The van der Waals surface area contributed by atoms with E-state index in [-0.39, 0.29) is 17.6 Å². The summed E-state index contributed by atoms with van der Waals surface area (Å²) >= 11 is 0. The van der Waals surface area contributed by atoms with Crippen molar-refractivity contribution in [2.24, 2.45) is 17.8 Å².